The molecule has 0 unspecified atom stereocenters. The van der Waals surface area contributed by atoms with Gasteiger partial charge in [-0.25, -0.2) is 9.78 Å². The van der Waals surface area contributed by atoms with Crippen LogP contribution in [0.25, 0.3) is 4.83 Å². The van der Waals surface area contributed by atoms with Gasteiger partial charge in [0.1, 0.15) is 11.2 Å². The molecule has 0 N–H and O–H groups in total. The molecule has 2 rings (SSSR count). The quantitative estimate of drug-likeness (QED) is 0.473. The van der Waals surface area contributed by atoms with Crippen LogP contribution in [-0.4, -0.2) is 15.5 Å². The third-order valence-electron chi connectivity index (χ3n) is 1.28. The molecule has 2 heterocycles. The van der Waals surface area contributed by atoms with Gasteiger partial charge in [-0.05, 0) is 0 Å². The number of aliphatic imine (C=N–C) groups is 1. The molecule has 0 aliphatic carbocycles. The van der Waals surface area contributed by atoms with E-state index in [1.807, 2.05) is 11.6 Å². The number of nitrogens with zero attached hydrogens (tertiary/aromatic N) is 3. The van der Waals surface area contributed by atoms with E-state index in [-0.39, 0.29) is 0 Å². The minimum atomic E-state index is 0.440. The molecule has 0 fully saturated rings. The van der Waals surface area contributed by atoms with E-state index in [4.69, 9.17) is 0 Å². The Labute approximate surface area is 65.8 Å². The largest absolute Gasteiger partial charge is 0.295 e. The topological polar surface area (TPSA) is 46.7 Å². The zero-order valence-corrected chi connectivity index (χ0v) is 6.21. The van der Waals surface area contributed by atoms with Crippen molar-refractivity contribution in [2.75, 3.05) is 0 Å². The van der Waals surface area contributed by atoms with Gasteiger partial charge in [-0.2, -0.15) is 0 Å². The highest BCUT2D eigenvalue weighted by Crippen LogP contribution is 2.21. The van der Waals surface area contributed by atoms with Gasteiger partial charge in [-0.15, -0.1) is 16.3 Å². The summed E-state index contributed by atoms with van der Waals surface area (Å²) in [6.45, 7) is 0. The first-order valence-electron chi connectivity index (χ1n) is 2.90. The van der Waals surface area contributed by atoms with E-state index in [9.17, 15) is 4.79 Å². The van der Waals surface area contributed by atoms with Crippen LogP contribution in [0.2, 0.25) is 0 Å². The fourth-order valence-corrected chi connectivity index (χ4v) is 1.59. The summed E-state index contributed by atoms with van der Waals surface area (Å²) in [6, 6.07) is 0. The SMILES string of the molecule is O=C=Nc1ncn2ccsc12. The number of rotatable bonds is 1. The van der Waals surface area contributed by atoms with E-state index < -0.39 is 0 Å². The summed E-state index contributed by atoms with van der Waals surface area (Å²) in [5.74, 6) is 0.440. The van der Waals surface area contributed by atoms with Crippen LogP contribution in [0, 0.1) is 0 Å². The number of isocyanates is 1. The molecule has 5 heteroatoms. The van der Waals surface area contributed by atoms with Gasteiger partial charge in [-0.1, -0.05) is 0 Å². The fourth-order valence-electron chi connectivity index (χ4n) is 0.840. The molecule has 0 saturated heterocycles. The maximum Gasteiger partial charge on any atom is 0.242 e. The molecule has 2 aromatic rings. The molecule has 0 radical (unpaired) electrons. The lowest BCUT2D eigenvalue weighted by Crippen LogP contribution is -1.66. The summed E-state index contributed by atoms with van der Waals surface area (Å²) in [4.78, 5) is 18.1. The van der Waals surface area contributed by atoms with Crippen molar-refractivity contribution < 1.29 is 4.79 Å². The summed E-state index contributed by atoms with van der Waals surface area (Å²) in [5.41, 5.74) is 0. The Kier molecular flexibility index (Phi) is 1.31. The van der Waals surface area contributed by atoms with Crippen LogP contribution in [-0.2, 0) is 4.79 Å². The van der Waals surface area contributed by atoms with Gasteiger partial charge >= 0.3 is 0 Å². The number of thiazole rings is 1. The van der Waals surface area contributed by atoms with Crippen molar-refractivity contribution in [3.8, 4) is 0 Å². The van der Waals surface area contributed by atoms with Crippen LogP contribution in [0.15, 0.2) is 22.9 Å². The lowest BCUT2D eigenvalue weighted by molar-refractivity contribution is 0.565. The molecule has 0 saturated carbocycles. The standard InChI is InChI=1S/C6H3N3OS/c10-4-8-5-6-9(3-7-5)1-2-11-6/h1-3H. The third-order valence-corrected chi connectivity index (χ3v) is 2.16. The summed E-state index contributed by atoms with van der Waals surface area (Å²) in [6.07, 6.45) is 4.93. The van der Waals surface area contributed by atoms with Gasteiger partial charge in [-0.3, -0.25) is 4.40 Å². The molecule has 11 heavy (non-hydrogen) atoms. The van der Waals surface area contributed by atoms with E-state index >= 15 is 0 Å². The molecular weight excluding hydrogens is 162 g/mol. The zero-order valence-electron chi connectivity index (χ0n) is 5.39. The van der Waals surface area contributed by atoms with Crippen LogP contribution in [0.4, 0.5) is 5.82 Å². The second kappa shape index (κ2) is 2.30. The van der Waals surface area contributed by atoms with Crippen molar-refractivity contribution in [3.05, 3.63) is 17.9 Å². The molecule has 0 aromatic carbocycles. The van der Waals surface area contributed by atoms with E-state index in [2.05, 4.69) is 9.98 Å². The van der Waals surface area contributed by atoms with Crippen LogP contribution < -0.4 is 0 Å². The number of hydrogen-bond acceptors (Lipinski definition) is 4. The highest BCUT2D eigenvalue weighted by molar-refractivity contribution is 7.16. The average Bonchev–Trinajstić information content (AvgIpc) is 2.53. The molecule has 54 valence electrons. The molecule has 0 spiro atoms. The maximum absolute atomic E-state index is 9.90. The first-order chi connectivity index (χ1) is 5.42. The van der Waals surface area contributed by atoms with Crippen molar-refractivity contribution in [3.63, 3.8) is 0 Å². The highest BCUT2D eigenvalue weighted by Gasteiger charge is 2.01. The normalized spacial score (nSPS) is 9.82. The number of fused-ring (bicyclic) bond motifs is 1. The van der Waals surface area contributed by atoms with E-state index in [0.717, 1.165) is 4.83 Å². The van der Waals surface area contributed by atoms with Crippen LogP contribution >= 0.6 is 11.3 Å². The Morgan fingerprint density at radius 2 is 2.64 bits per heavy atom. The Balaban J connectivity index is 2.77. The zero-order chi connectivity index (χ0) is 7.68. The Hall–Kier alpha value is -1.45. The smallest absolute Gasteiger partial charge is 0.242 e. The lowest BCUT2D eigenvalue weighted by atomic mass is 10.8. The Morgan fingerprint density at radius 1 is 1.73 bits per heavy atom. The predicted molar refractivity (Wildman–Crippen MR) is 40.9 cm³/mol. The van der Waals surface area contributed by atoms with Gasteiger partial charge in [0.05, 0.1) is 0 Å². The van der Waals surface area contributed by atoms with Crippen molar-refractivity contribution in [2.45, 2.75) is 0 Å². The molecule has 0 aliphatic rings. The second-order valence-electron chi connectivity index (χ2n) is 1.89. The fraction of sp³-hybridized carbons (Fsp3) is 0. The second-order valence-corrected chi connectivity index (χ2v) is 2.78. The van der Waals surface area contributed by atoms with Gasteiger partial charge in [0.15, 0.2) is 0 Å². The van der Waals surface area contributed by atoms with Crippen molar-refractivity contribution in [2.24, 2.45) is 4.99 Å². The Bertz CT molecular complexity index is 424. The van der Waals surface area contributed by atoms with Gasteiger partial charge in [0, 0.05) is 11.6 Å². The van der Waals surface area contributed by atoms with Crippen molar-refractivity contribution >= 4 is 28.1 Å². The molecule has 2 aromatic heterocycles. The van der Waals surface area contributed by atoms with Crippen LogP contribution in [0.1, 0.15) is 0 Å². The number of imidazole rings is 1. The van der Waals surface area contributed by atoms with Gasteiger partial charge in [0.2, 0.25) is 11.9 Å². The van der Waals surface area contributed by atoms with Crippen molar-refractivity contribution in [1.29, 1.82) is 0 Å². The molecule has 0 amide bonds. The Morgan fingerprint density at radius 3 is 3.45 bits per heavy atom. The molecule has 0 aliphatic heterocycles. The highest BCUT2D eigenvalue weighted by atomic mass is 32.1. The first-order valence-corrected chi connectivity index (χ1v) is 3.78. The van der Waals surface area contributed by atoms with Gasteiger partial charge < -0.3 is 0 Å². The minimum Gasteiger partial charge on any atom is -0.295 e. The van der Waals surface area contributed by atoms with E-state index in [0.29, 0.717) is 5.82 Å². The molecule has 0 atom stereocenters. The summed E-state index contributed by atoms with van der Waals surface area (Å²) < 4.78 is 1.81. The summed E-state index contributed by atoms with van der Waals surface area (Å²) >= 11 is 1.49. The number of carbonyl (C=O) groups excluding carboxylic acids is 1. The number of hydrogen-bond donors (Lipinski definition) is 0. The summed E-state index contributed by atoms with van der Waals surface area (Å²) in [5, 5.41) is 1.90. The monoisotopic (exact) mass is 165 g/mol. The predicted octanol–water partition coefficient (Wildman–Crippen LogP) is 1.36. The molecule has 0 bridgehead atoms. The maximum atomic E-state index is 9.90. The van der Waals surface area contributed by atoms with E-state index in [1.165, 1.54) is 17.4 Å². The molecular formula is C6H3N3OS. The summed E-state index contributed by atoms with van der Waals surface area (Å²) in [7, 11) is 0. The van der Waals surface area contributed by atoms with Crippen LogP contribution in [0.3, 0.4) is 0 Å². The average molecular weight is 165 g/mol. The number of aromatic nitrogens is 2. The van der Waals surface area contributed by atoms with Gasteiger partial charge in [0.25, 0.3) is 0 Å². The van der Waals surface area contributed by atoms with Crippen LogP contribution in [0.5, 0.6) is 0 Å². The molecule has 4 nitrogen and oxygen atoms in total. The minimum absolute atomic E-state index is 0.440. The lowest BCUT2D eigenvalue weighted by Gasteiger charge is -1.76. The van der Waals surface area contributed by atoms with E-state index in [1.54, 1.807) is 10.7 Å². The first kappa shape index (κ1) is 6.27. The van der Waals surface area contributed by atoms with Crippen molar-refractivity contribution in [1.82, 2.24) is 9.38 Å². The third kappa shape index (κ3) is 0.869.